The number of halogens is 3. The molecule has 2 atom stereocenters. The van der Waals surface area contributed by atoms with E-state index >= 15 is 0 Å². The zero-order valence-electron chi connectivity index (χ0n) is 9.96. The highest BCUT2D eigenvalue weighted by Crippen LogP contribution is 2.31. The average Bonchev–Trinajstić information content (AvgIpc) is 2.24. The standard InChI is InChI=1S/C10H17F3N2O3/c1-6(5-14)9(18)15-3-2-7(4-8(16)17)10(11,12)13/h6-7H,2-5,14H2,1H3,(H,15,18)(H,16,17). The van der Waals surface area contributed by atoms with E-state index in [1.165, 1.54) is 0 Å². The minimum Gasteiger partial charge on any atom is -0.481 e. The Balaban J connectivity index is 4.20. The molecule has 0 aromatic rings. The van der Waals surface area contributed by atoms with E-state index in [2.05, 4.69) is 5.32 Å². The third-order valence-electron chi connectivity index (χ3n) is 2.48. The fraction of sp³-hybridized carbons (Fsp3) is 0.800. The molecule has 5 nitrogen and oxygen atoms in total. The van der Waals surface area contributed by atoms with Gasteiger partial charge < -0.3 is 16.2 Å². The van der Waals surface area contributed by atoms with Gasteiger partial charge in [-0.15, -0.1) is 0 Å². The van der Waals surface area contributed by atoms with Crippen LogP contribution in [0.3, 0.4) is 0 Å². The van der Waals surface area contributed by atoms with Gasteiger partial charge in [0.15, 0.2) is 0 Å². The van der Waals surface area contributed by atoms with Gasteiger partial charge in [0.1, 0.15) is 0 Å². The van der Waals surface area contributed by atoms with Gasteiger partial charge in [-0.05, 0) is 6.42 Å². The largest absolute Gasteiger partial charge is 0.481 e. The van der Waals surface area contributed by atoms with E-state index in [4.69, 9.17) is 10.8 Å². The number of nitrogens with two attached hydrogens (primary N) is 1. The van der Waals surface area contributed by atoms with Gasteiger partial charge in [-0.2, -0.15) is 13.2 Å². The number of carboxylic acid groups (broad SMARTS) is 1. The van der Waals surface area contributed by atoms with Gasteiger partial charge in [0.25, 0.3) is 0 Å². The first-order chi connectivity index (χ1) is 8.18. The second-order valence-corrected chi connectivity index (χ2v) is 4.05. The normalized spacial score (nSPS) is 14.9. The number of carboxylic acids is 1. The monoisotopic (exact) mass is 270 g/mol. The van der Waals surface area contributed by atoms with Gasteiger partial charge in [-0.25, -0.2) is 0 Å². The van der Waals surface area contributed by atoms with Crippen molar-refractivity contribution in [2.45, 2.75) is 25.9 Å². The molecule has 0 bridgehead atoms. The molecule has 106 valence electrons. The fourth-order valence-electron chi connectivity index (χ4n) is 1.24. The Morgan fingerprint density at radius 3 is 2.33 bits per heavy atom. The highest BCUT2D eigenvalue weighted by molar-refractivity contribution is 5.78. The quantitative estimate of drug-likeness (QED) is 0.636. The van der Waals surface area contributed by atoms with Gasteiger partial charge in [0.2, 0.25) is 5.91 Å². The van der Waals surface area contributed by atoms with Crippen LogP contribution in [0.2, 0.25) is 0 Å². The molecule has 8 heteroatoms. The van der Waals surface area contributed by atoms with Crippen molar-refractivity contribution in [2.24, 2.45) is 17.6 Å². The molecule has 1 amide bonds. The van der Waals surface area contributed by atoms with Crippen LogP contribution >= 0.6 is 0 Å². The lowest BCUT2D eigenvalue weighted by atomic mass is 10.0. The smallest absolute Gasteiger partial charge is 0.392 e. The van der Waals surface area contributed by atoms with Crippen molar-refractivity contribution in [3.8, 4) is 0 Å². The van der Waals surface area contributed by atoms with Crippen LogP contribution in [0, 0.1) is 11.8 Å². The number of hydrogen-bond donors (Lipinski definition) is 3. The number of amides is 1. The summed E-state index contributed by atoms with van der Waals surface area (Å²) in [5.41, 5.74) is 5.22. The van der Waals surface area contributed by atoms with E-state index < -0.39 is 42.7 Å². The summed E-state index contributed by atoms with van der Waals surface area (Å²) in [6.07, 6.45) is -6.03. The van der Waals surface area contributed by atoms with Crippen LogP contribution in [0.5, 0.6) is 0 Å². The van der Waals surface area contributed by atoms with Gasteiger partial charge in [-0.3, -0.25) is 9.59 Å². The second-order valence-electron chi connectivity index (χ2n) is 4.05. The topological polar surface area (TPSA) is 92.4 Å². The minimum atomic E-state index is -4.58. The Labute approximate surface area is 103 Å². The number of nitrogens with one attached hydrogen (secondary N) is 1. The zero-order valence-corrected chi connectivity index (χ0v) is 9.96. The van der Waals surface area contributed by atoms with Crippen LogP contribution in [0.15, 0.2) is 0 Å². The molecule has 0 aliphatic rings. The maximum Gasteiger partial charge on any atom is 0.392 e. The molecule has 4 N–H and O–H groups in total. The molecule has 0 saturated heterocycles. The van der Waals surface area contributed by atoms with Crippen molar-refractivity contribution in [1.82, 2.24) is 5.32 Å². The summed E-state index contributed by atoms with van der Waals surface area (Å²) in [5.74, 6) is -4.38. The Bertz CT molecular complexity index is 295. The highest BCUT2D eigenvalue weighted by Gasteiger charge is 2.40. The number of alkyl halides is 3. The van der Waals surface area contributed by atoms with E-state index in [-0.39, 0.29) is 13.1 Å². The molecular formula is C10H17F3N2O3. The summed E-state index contributed by atoms with van der Waals surface area (Å²) in [6.45, 7) is 1.43. The second kappa shape index (κ2) is 7.20. The van der Waals surface area contributed by atoms with Crippen molar-refractivity contribution in [3.63, 3.8) is 0 Å². The lowest BCUT2D eigenvalue weighted by molar-refractivity contribution is -0.184. The van der Waals surface area contributed by atoms with Crippen molar-refractivity contribution in [2.75, 3.05) is 13.1 Å². The van der Waals surface area contributed by atoms with Gasteiger partial charge in [0, 0.05) is 19.0 Å². The molecule has 0 saturated carbocycles. The van der Waals surface area contributed by atoms with Crippen LogP contribution in [0.25, 0.3) is 0 Å². The minimum absolute atomic E-state index is 0.101. The van der Waals surface area contributed by atoms with Crippen molar-refractivity contribution < 1.29 is 27.9 Å². The number of rotatable bonds is 7. The van der Waals surface area contributed by atoms with E-state index in [9.17, 15) is 22.8 Å². The third kappa shape index (κ3) is 6.43. The fourth-order valence-corrected chi connectivity index (χ4v) is 1.24. The Kier molecular flexibility index (Phi) is 6.67. The van der Waals surface area contributed by atoms with E-state index in [1.54, 1.807) is 6.92 Å². The lowest BCUT2D eigenvalue weighted by Crippen LogP contribution is -2.36. The first-order valence-electron chi connectivity index (χ1n) is 5.44. The average molecular weight is 270 g/mol. The van der Waals surface area contributed by atoms with Gasteiger partial charge in [-0.1, -0.05) is 6.92 Å². The first kappa shape index (κ1) is 16.7. The molecule has 0 aromatic heterocycles. The summed E-state index contributed by atoms with van der Waals surface area (Å²) in [6, 6.07) is 0. The van der Waals surface area contributed by atoms with Crippen LogP contribution in [0.1, 0.15) is 19.8 Å². The predicted molar refractivity (Wildman–Crippen MR) is 57.6 cm³/mol. The van der Waals surface area contributed by atoms with Gasteiger partial charge >= 0.3 is 12.1 Å². The molecule has 0 aliphatic heterocycles. The van der Waals surface area contributed by atoms with Crippen molar-refractivity contribution >= 4 is 11.9 Å². The maximum atomic E-state index is 12.4. The number of carbonyl (C=O) groups is 2. The molecule has 0 rings (SSSR count). The number of carbonyl (C=O) groups excluding carboxylic acids is 1. The van der Waals surface area contributed by atoms with E-state index in [0.29, 0.717) is 0 Å². The SMILES string of the molecule is CC(CN)C(=O)NCCC(CC(=O)O)C(F)(F)F. The summed E-state index contributed by atoms with van der Waals surface area (Å²) in [7, 11) is 0. The first-order valence-corrected chi connectivity index (χ1v) is 5.44. The third-order valence-corrected chi connectivity index (χ3v) is 2.48. The highest BCUT2D eigenvalue weighted by atomic mass is 19.4. The number of aliphatic carboxylic acids is 1. The Morgan fingerprint density at radius 1 is 1.39 bits per heavy atom. The molecule has 2 unspecified atom stereocenters. The van der Waals surface area contributed by atoms with Crippen LogP contribution in [0.4, 0.5) is 13.2 Å². The van der Waals surface area contributed by atoms with Gasteiger partial charge in [0.05, 0.1) is 12.3 Å². The van der Waals surface area contributed by atoms with Crippen molar-refractivity contribution in [1.29, 1.82) is 0 Å². The molecule has 0 spiro atoms. The van der Waals surface area contributed by atoms with E-state index in [0.717, 1.165) is 0 Å². The molecule has 0 radical (unpaired) electrons. The molecule has 0 aliphatic carbocycles. The molecule has 0 aromatic carbocycles. The van der Waals surface area contributed by atoms with E-state index in [1.807, 2.05) is 0 Å². The van der Waals surface area contributed by atoms with Crippen LogP contribution < -0.4 is 11.1 Å². The summed E-state index contributed by atoms with van der Waals surface area (Å²) in [5, 5.41) is 10.7. The number of hydrogen-bond acceptors (Lipinski definition) is 3. The van der Waals surface area contributed by atoms with Crippen molar-refractivity contribution in [3.05, 3.63) is 0 Å². The maximum absolute atomic E-state index is 12.4. The Hall–Kier alpha value is -1.31. The predicted octanol–water partition coefficient (Wildman–Crippen LogP) is 0.741. The van der Waals surface area contributed by atoms with Crippen LogP contribution in [-0.4, -0.2) is 36.2 Å². The molecule has 18 heavy (non-hydrogen) atoms. The lowest BCUT2D eigenvalue weighted by Gasteiger charge is -2.19. The molecule has 0 fully saturated rings. The molecular weight excluding hydrogens is 253 g/mol. The Morgan fingerprint density at radius 2 is 1.94 bits per heavy atom. The summed E-state index contributed by atoms with van der Waals surface area (Å²) in [4.78, 5) is 21.5. The summed E-state index contributed by atoms with van der Waals surface area (Å²) >= 11 is 0. The van der Waals surface area contributed by atoms with Crippen LogP contribution in [-0.2, 0) is 9.59 Å². The summed E-state index contributed by atoms with van der Waals surface area (Å²) < 4.78 is 37.3. The molecule has 0 heterocycles. The zero-order chi connectivity index (χ0) is 14.3.